The highest BCUT2D eigenvalue weighted by atomic mass is 35.5. The molecular weight excluding hydrogens is 487 g/mol. The van der Waals surface area contributed by atoms with Crippen molar-refractivity contribution in [3.05, 3.63) is 88.2 Å². The molecule has 0 saturated heterocycles. The Balaban J connectivity index is 1.71. The number of aromatic nitrogens is 2. The summed E-state index contributed by atoms with van der Waals surface area (Å²) in [6.07, 6.45) is 7.31. The van der Waals surface area contributed by atoms with Crippen LogP contribution in [-0.4, -0.2) is 41.0 Å². The predicted molar refractivity (Wildman–Crippen MR) is 139 cm³/mol. The first-order chi connectivity index (χ1) is 16.8. The van der Waals surface area contributed by atoms with Crippen molar-refractivity contribution in [1.82, 2.24) is 15.3 Å². The summed E-state index contributed by atoms with van der Waals surface area (Å²) in [4.78, 5) is 35.7. The number of nitrogens with zero attached hydrogens (tertiary/aromatic N) is 3. The van der Waals surface area contributed by atoms with Crippen LogP contribution in [-0.2, 0) is 9.53 Å². The second-order valence-electron chi connectivity index (χ2n) is 7.89. The first-order valence-corrected chi connectivity index (χ1v) is 11.7. The van der Waals surface area contributed by atoms with Gasteiger partial charge in [-0.1, -0.05) is 53.6 Å². The van der Waals surface area contributed by atoms with Crippen molar-refractivity contribution in [3.8, 4) is 0 Å². The highest BCUT2D eigenvalue weighted by Gasteiger charge is 2.23. The minimum absolute atomic E-state index is 0.112. The highest BCUT2D eigenvalue weighted by Crippen LogP contribution is 2.26. The summed E-state index contributed by atoms with van der Waals surface area (Å²) in [5.41, 5.74) is 2.00. The van der Waals surface area contributed by atoms with E-state index in [1.807, 2.05) is 35.2 Å². The van der Waals surface area contributed by atoms with Crippen LogP contribution in [0.25, 0.3) is 6.08 Å². The zero-order chi connectivity index (χ0) is 25.4. The lowest BCUT2D eigenvalue weighted by Crippen LogP contribution is -2.41. The van der Waals surface area contributed by atoms with Crippen molar-refractivity contribution in [3.63, 3.8) is 0 Å². The Kier molecular flexibility index (Phi) is 9.23. The molecule has 9 heteroatoms. The summed E-state index contributed by atoms with van der Waals surface area (Å²) in [6.45, 7) is 4.14. The summed E-state index contributed by atoms with van der Waals surface area (Å²) in [5, 5.41) is 3.05. The average Bonchev–Trinajstić information content (AvgIpc) is 2.84. The molecule has 182 valence electrons. The van der Waals surface area contributed by atoms with Gasteiger partial charge in [-0.25, -0.2) is 14.8 Å². The lowest BCUT2D eigenvalue weighted by atomic mass is 10.1. The molecule has 1 N–H and O–H groups in total. The molecule has 0 aliphatic carbocycles. The fourth-order valence-corrected chi connectivity index (χ4v) is 4.02. The monoisotopic (exact) mass is 512 g/mol. The molecule has 0 aliphatic heterocycles. The van der Waals surface area contributed by atoms with Gasteiger partial charge in [-0.15, -0.1) is 0 Å². The van der Waals surface area contributed by atoms with Crippen LogP contribution in [0.2, 0.25) is 10.0 Å². The number of nitrogens with one attached hydrogen (secondary N) is 1. The van der Waals surface area contributed by atoms with Crippen molar-refractivity contribution >= 4 is 52.8 Å². The summed E-state index contributed by atoms with van der Waals surface area (Å²) in [7, 11) is 1.27. The second-order valence-corrected chi connectivity index (χ2v) is 8.70. The second kappa shape index (κ2) is 12.3. The first kappa shape index (κ1) is 26.2. The van der Waals surface area contributed by atoms with Gasteiger partial charge in [0.25, 0.3) is 5.91 Å². The third-order valence-electron chi connectivity index (χ3n) is 5.12. The SMILES string of the molecule is COC(=O)[C@H](C/C=C/c1ccc(N(c2ncccn2)C(C)C)cc1)NC(=O)c1c(Cl)cccc1Cl. The molecule has 0 fully saturated rings. The average molecular weight is 513 g/mol. The van der Waals surface area contributed by atoms with Crippen molar-refractivity contribution in [2.24, 2.45) is 0 Å². The van der Waals surface area contributed by atoms with Crippen molar-refractivity contribution in [1.29, 1.82) is 0 Å². The number of methoxy groups -OCH3 is 1. The molecule has 0 aliphatic rings. The van der Waals surface area contributed by atoms with E-state index in [4.69, 9.17) is 27.9 Å². The van der Waals surface area contributed by atoms with Crippen LogP contribution < -0.4 is 10.2 Å². The Bertz CT molecular complexity index is 1160. The third-order valence-corrected chi connectivity index (χ3v) is 5.75. The molecule has 0 bridgehead atoms. The van der Waals surface area contributed by atoms with Gasteiger partial charge < -0.3 is 15.0 Å². The summed E-state index contributed by atoms with van der Waals surface area (Å²) in [6, 6.07) is 13.7. The number of carbonyl (C=O) groups excluding carboxylic acids is 2. The quantitative estimate of drug-likeness (QED) is 0.370. The number of ether oxygens (including phenoxy) is 1. The van der Waals surface area contributed by atoms with Crippen LogP contribution in [0, 0.1) is 0 Å². The third kappa shape index (κ3) is 6.81. The van der Waals surface area contributed by atoms with Gasteiger partial charge in [0.2, 0.25) is 5.95 Å². The molecule has 7 nitrogen and oxygen atoms in total. The molecule has 1 amide bonds. The van der Waals surface area contributed by atoms with Crippen LogP contribution in [0.5, 0.6) is 0 Å². The minimum Gasteiger partial charge on any atom is -0.467 e. The van der Waals surface area contributed by atoms with Crippen LogP contribution in [0.4, 0.5) is 11.6 Å². The molecule has 0 saturated carbocycles. The molecule has 0 spiro atoms. The Morgan fingerprint density at radius 1 is 1.03 bits per heavy atom. The number of amides is 1. The maximum atomic E-state index is 12.7. The molecule has 35 heavy (non-hydrogen) atoms. The van der Waals surface area contributed by atoms with Gasteiger partial charge in [-0.05, 0) is 56.2 Å². The van der Waals surface area contributed by atoms with E-state index in [1.54, 1.807) is 42.7 Å². The van der Waals surface area contributed by atoms with Crippen molar-refractivity contribution < 1.29 is 14.3 Å². The topological polar surface area (TPSA) is 84.4 Å². The predicted octanol–water partition coefficient (Wildman–Crippen LogP) is 5.70. The maximum Gasteiger partial charge on any atom is 0.328 e. The number of anilines is 2. The molecule has 0 unspecified atom stereocenters. The lowest BCUT2D eigenvalue weighted by Gasteiger charge is -2.26. The normalized spacial score (nSPS) is 11.9. The Labute approximate surface area is 214 Å². The van der Waals surface area contributed by atoms with Gasteiger partial charge in [-0.2, -0.15) is 0 Å². The zero-order valence-electron chi connectivity index (χ0n) is 19.6. The van der Waals surface area contributed by atoms with Crippen molar-refractivity contribution in [2.45, 2.75) is 32.4 Å². The van der Waals surface area contributed by atoms with Gasteiger partial charge in [0.15, 0.2) is 0 Å². The van der Waals surface area contributed by atoms with Crippen LogP contribution >= 0.6 is 23.2 Å². The standard InChI is InChI=1S/C26H26Cl2N4O3/c1-17(2)32(26-29-15-6-16-30-26)19-13-11-18(12-14-19)7-4-10-22(25(34)35-3)31-24(33)23-20(27)8-5-9-21(23)28/h4-9,11-17,22H,10H2,1-3H3,(H,31,33)/b7-4+/t22-/m0/s1. The van der Waals surface area contributed by atoms with Gasteiger partial charge in [-0.3, -0.25) is 4.79 Å². The molecule has 3 rings (SSSR count). The van der Waals surface area contributed by atoms with E-state index in [2.05, 4.69) is 29.1 Å². The molecular formula is C26H26Cl2N4O3. The zero-order valence-corrected chi connectivity index (χ0v) is 21.1. The van der Waals surface area contributed by atoms with Gasteiger partial charge in [0, 0.05) is 24.1 Å². The Morgan fingerprint density at radius 3 is 2.23 bits per heavy atom. The number of halogens is 2. The van der Waals surface area contributed by atoms with E-state index in [0.717, 1.165) is 11.3 Å². The van der Waals surface area contributed by atoms with E-state index in [-0.39, 0.29) is 28.1 Å². The largest absolute Gasteiger partial charge is 0.467 e. The molecule has 0 radical (unpaired) electrons. The van der Waals surface area contributed by atoms with Crippen LogP contribution in [0.3, 0.4) is 0 Å². The maximum absolute atomic E-state index is 12.7. The number of hydrogen-bond acceptors (Lipinski definition) is 6. The van der Waals surface area contributed by atoms with E-state index in [0.29, 0.717) is 5.95 Å². The summed E-state index contributed by atoms with van der Waals surface area (Å²) < 4.78 is 4.85. The van der Waals surface area contributed by atoms with Crippen LogP contribution in [0.15, 0.2) is 67.0 Å². The summed E-state index contributed by atoms with van der Waals surface area (Å²) >= 11 is 12.2. The van der Waals surface area contributed by atoms with E-state index < -0.39 is 17.9 Å². The lowest BCUT2D eigenvalue weighted by molar-refractivity contribution is -0.142. The number of benzene rings is 2. The van der Waals surface area contributed by atoms with Crippen LogP contribution in [0.1, 0.15) is 36.2 Å². The van der Waals surface area contributed by atoms with Gasteiger partial charge >= 0.3 is 5.97 Å². The van der Waals surface area contributed by atoms with E-state index >= 15 is 0 Å². The number of carbonyl (C=O) groups is 2. The molecule has 1 heterocycles. The van der Waals surface area contributed by atoms with Gasteiger partial charge in [0.1, 0.15) is 6.04 Å². The number of esters is 1. The molecule has 1 atom stereocenters. The smallest absolute Gasteiger partial charge is 0.328 e. The fourth-order valence-electron chi connectivity index (χ4n) is 3.45. The highest BCUT2D eigenvalue weighted by molar-refractivity contribution is 6.39. The molecule has 3 aromatic rings. The number of hydrogen-bond donors (Lipinski definition) is 1. The molecule has 2 aromatic carbocycles. The molecule has 1 aromatic heterocycles. The van der Waals surface area contributed by atoms with Crippen molar-refractivity contribution in [2.75, 3.05) is 12.0 Å². The summed E-state index contributed by atoms with van der Waals surface area (Å²) in [5.74, 6) is -0.497. The fraction of sp³-hybridized carbons (Fsp3) is 0.231. The Hall–Kier alpha value is -3.42. The minimum atomic E-state index is -0.901. The number of rotatable bonds is 9. The van der Waals surface area contributed by atoms with Gasteiger partial charge in [0.05, 0.1) is 22.7 Å². The Morgan fingerprint density at radius 2 is 1.66 bits per heavy atom. The van der Waals surface area contributed by atoms with E-state index in [9.17, 15) is 9.59 Å². The van der Waals surface area contributed by atoms with E-state index in [1.165, 1.54) is 7.11 Å². The first-order valence-electron chi connectivity index (χ1n) is 11.0.